The number of nitrogens with one attached hydrogen (secondary N) is 1. The molecule has 0 saturated carbocycles. The number of amides is 1. The largest absolute Gasteiger partial charge is 0.494 e. The number of aryl methyl sites for hydroxylation is 2. The fourth-order valence-corrected chi connectivity index (χ4v) is 3.87. The van der Waals surface area contributed by atoms with Crippen molar-refractivity contribution in [1.29, 1.82) is 0 Å². The highest BCUT2D eigenvalue weighted by Gasteiger charge is 2.23. The number of carbonyl (C=O) groups is 1. The predicted molar refractivity (Wildman–Crippen MR) is 116 cm³/mol. The molecule has 2 rings (SSSR count). The number of ether oxygens (including phenoxy) is 1. The van der Waals surface area contributed by atoms with E-state index in [-0.39, 0.29) is 6.54 Å². The molecule has 29 heavy (non-hydrogen) atoms. The Hall–Kier alpha value is -2.87. The van der Waals surface area contributed by atoms with Crippen LogP contribution in [0.3, 0.4) is 0 Å². The molecule has 0 unspecified atom stereocenters. The van der Waals surface area contributed by atoms with Gasteiger partial charge in [-0.05, 0) is 68.7 Å². The number of rotatable bonds is 8. The van der Waals surface area contributed by atoms with E-state index < -0.39 is 15.9 Å². The van der Waals surface area contributed by atoms with Crippen molar-refractivity contribution < 1.29 is 17.9 Å². The second-order valence-corrected chi connectivity index (χ2v) is 8.61. The van der Waals surface area contributed by atoms with Crippen LogP contribution in [0.4, 0.5) is 5.69 Å². The van der Waals surface area contributed by atoms with Crippen molar-refractivity contribution in [3.8, 4) is 5.75 Å². The molecule has 0 heterocycles. The molecule has 1 amide bonds. The molecule has 8 heteroatoms. The van der Waals surface area contributed by atoms with Crippen LogP contribution in [0, 0.1) is 13.8 Å². The van der Waals surface area contributed by atoms with Crippen LogP contribution in [0.5, 0.6) is 5.75 Å². The molecule has 2 aromatic carbocycles. The highest BCUT2D eigenvalue weighted by molar-refractivity contribution is 7.92. The normalized spacial score (nSPS) is 11.8. The standard InChI is InChI=1S/C21H27N3O4S/c1-6-28-19-12-10-18(11-13-19)17(4)22-23-20(25)14-24(29(5,26)27)21-15(2)8-7-9-16(21)3/h7-13H,6,14H2,1-5H3,(H,23,25)/b22-17-. The molecule has 1 N–H and O–H groups in total. The fourth-order valence-electron chi connectivity index (χ4n) is 2.90. The zero-order chi connectivity index (χ0) is 21.6. The number of benzene rings is 2. The Bertz CT molecular complexity index is 979. The summed E-state index contributed by atoms with van der Waals surface area (Å²) in [5.74, 6) is 0.230. The lowest BCUT2D eigenvalue weighted by atomic mass is 10.1. The van der Waals surface area contributed by atoms with Gasteiger partial charge >= 0.3 is 0 Å². The lowest BCUT2D eigenvalue weighted by molar-refractivity contribution is -0.119. The number of nitrogens with zero attached hydrogens (tertiary/aromatic N) is 2. The number of carbonyl (C=O) groups excluding carboxylic acids is 1. The van der Waals surface area contributed by atoms with Crippen LogP contribution in [-0.4, -0.2) is 39.4 Å². The van der Waals surface area contributed by atoms with E-state index >= 15 is 0 Å². The van der Waals surface area contributed by atoms with Gasteiger partial charge in [0.05, 0.1) is 24.3 Å². The molecular formula is C21H27N3O4S. The van der Waals surface area contributed by atoms with Gasteiger partial charge in [-0.25, -0.2) is 13.8 Å². The van der Waals surface area contributed by atoms with Gasteiger partial charge in [0.1, 0.15) is 12.3 Å². The third-order valence-corrected chi connectivity index (χ3v) is 5.42. The van der Waals surface area contributed by atoms with Gasteiger partial charge in [-0.15, -0.1) is 0 Å². The number of hydrazone groups is 1. The van der Waals surface area contributed by atoms with Crippen molar-refractivity contribution in [3.63, 3.8) is 0 Å². The van der Waals surface area contributed by atoms with Crippen LogP contribution >= 0.6 is 0 Å². The molecule has 0 aliphatic carbocycles. The molecule has 0 radical (unpaired) electrons. The van der Waals surface area contributed by atoms with Crippen LogP contribution in [-0.2, 0) is 14.8 Å². The zero-order valence-corrected chi connectivity index (χ0v) is 18.2. The van der Waals surface area contributed by atoms with Crippen molar-refractivity contribution >= 4 is 27.3 Å². The Morgan fingerprint density at radius 1 is 1.10 bits per heavy atom. The molecule has 156 valence electrons. The summed E-state index contributed by atoms with van der Waals surface area (Å²) in [7, 11) is -3.65. The van der Waals surface area contributed by atoms with Gasteiger partial charge in [0.15, 0.2) is 0 Å². The summed E-state index contributed by atoms with van der Waals surface area (Å²) in [6.45, 7) is 7.52. The summed E-state index contributed by atoms with van der Waals surface area (Å²) in [6.07, 6.45) is 1.08. The van der Waals surface area contributed by atoms with Crippen molar-refractivity contribution in [1.82, 2.24) is 5.43 Å². The SMILES string of the molecule is CCOc1ccc(/C(C)=N\NC(=O)CN(c2c(C)cccc2C)S(C)(=O)=O)cc1. The number of anilines is 1. The Labute approximate surface area is 172 Å². The Morgan fingerprint density at radius 3 is 2.21 bits per heavy atom. The first-order valence-electron chi connectivity index (χ1n) is 9.23. The minimum Gasteiger partial charge on any atom is -0.494 e. The molecule has 0 atom stereocenters. The van der Waals surface area contributed by atoms with Crippen LogP contribution in [0.15, 0.2) is 47.6 Å². The minimum atomic E-state index is -3.65. The van der Waals surface area contributed by atoms with Crippen molar-refractivity contribution in [3.05, 3.63) is 59.2 Å². The van der Waals surface area contributed by atoms with E-state index in [1.54, 1.807) is 6.92 Å². The van der Waals surface area contributed by atoms with Gasteiger partial charge < -0.3 is 4.74 Å². The van der Waals surface area contributed by atoms with Crippen LogP contribution in [0.2, 0.25) is 0 Å². The molecule has 0 saturated heterocycles. The fraction of sp³-hybridized carbons (Fsp3) is 0.333. The molecule has 0 aliphatic heterocycles. The summed E-state index contributed by atoms with van der Waals surface area (Å²) >= 11 is 0. The topological polar surface area (TPSA) is 88.1 Å². The minimum absolute atomic E-state index is 0.357. The molecule has 0 fully saturated rings. The molecule has 0 aromatic heterocycles. The monoisotopic (exact) mass is 417 g/mol. The van der Waals surface area contributed by atoms with Gasteiger partial charge in [0.2, 0.25) is 10.0 Å². The average molecular weight is 418 g/mol. The van der Waals surface area contributed by atoms with Gasteiger partial charge in [0, 0.05) is 0 Å². The van der Waals surface area contributed by atoms with Gasteiger partial charge in [-0.2, -0.15) is 5.10 Å². The van der Waals surface area contributed by atoms with E-state index in [1.165, 1.54) is 0 Å². The van der Waals surface area contributed by atoms with Gasteiger partial charge in [-0.3, -0.25) is 9.10 Å². The van der Waals surface area contributed by atoms with E-state index in [2.05, 4.69) is 10.5 Å². The summed E-state index contributed by atoms with van der Waals surface area (Å²) in [6, 6.07) is 12.8. The van der Waals surface area contributed by atoms with Crippen LogP contribution in [0.1, 0.15) is 30.5 Å². The molecule has 2 aromatic rings. The van der Waals surface area contributed by atoms with E-state index in [1.807, 2.05) is 63.2 Å². The third-order valence-electron chi connectivity index (χ3n) is 4.31. The average Bonchev–Trinajstić information content (AvgIpc) is 2.65. The summed E-state index contributed by atoms with van der Waals surface area (Å²) in [5.41, 5.74) is 5.92. The lowest BCUT2D eigenvalue weighted by Crippen LogP contribution is -2.40. The highest BCUT2D eigenvalue weighted by Crippen LogP contribution is 2.26. The molecule has 0 spiro atoms. The van der Waals surface area contributed by atoms with Crippen molar-refractivity contribution in [2.75, 3.05) is 23.7 Å². The highest BCUT2D eigenvalue weighted by atomic mass is 32.2. The van der Waals surface area contributed by atoms with Gasteiger partial charge in [0.25, 0.3) is 5.91 Å². The number of sulfonamides is 1. The second kappa shape index (κ2) is 9.56. The van der Waals surface area contributed by atoms with Crippen molar-refractivity contribution in [2.24, 2.45) is 5.10 Å². The number of hydrogen-bond acceptors (Lipinski definition) is 5. The van der Waals surface area contributed by atoms with Crippen LogP contribution < -0.4 is 14.5 Å². The van der Waals surface area contributed by atoms with Crippen LogP contribution in [0.25, 0.3) is 0 Å². The molecule has 0 bridgehead atoms. The maximum Gasteiger partial charge on any atom is 0.260 e. The first-order valence-corrected chi connectivity index (χ1v) is 11.1. The summed E-state index contributed by atoms with van der Waals surface area (Å²) in [4.78, 5) is 12.4. The molecular weight excluding hydrogens is 390 g/mol. The summed E-state index contributed by atoms with van der Waals surface area (Å²) < 4.78 is 31.1. The Kier molecular flexibility index (Phi) is 7.39. The van der Waals surface area contributed by atoms with E-state index in [9.17, 15) is 13.2 Å². The van der Waals surface area contributed by atoms with Gasteiger partial charge in [-0.1, -0.05) is 18.2 Å². The quantitative estimate of drug-likeness (QED) is 0.528. The predicted octanol–water partition coefficient (Wildman–Crippen LogP) is 3.01. The number of para-hydroxylation sites is 1. The third kappa shape index (κ3) is 6.05. The Balaban J connectivity index is 2.15. The Morgan fingerprint density at radius 2 is 1.69 bits per heavy atom. The number of hydrogen-bond donors (Lipinski definition) is 1. The first kappa shape index (κ1) is 22.4. The van der Waals surface area contributed by atoms with E-state index in [0.29, 0.717) is 18.0 Å². The smallest absolute Gasteiger partial charge is 0.260 e. The van der Waals surface area contributed by atoms with E-state index in [4.69, 9.17) is 4.74 Å². The first-order chi connectivity index (χ1) is 13.6. The second-order valence-electron chi connectivity index (χ2n) is 6.70. The van der Waals surface area contributed by atoms with Crippen molar-refractivity contribution in [2.45, 2.75) is 27.7 Å². The lowest BCUT2D eigenvalue weighted by Gasteiger charge is -2.25. The maximum absolute atomic E-state index is 12.4. The molecule has 0 aliphatic rings. The maximum atomic E-state index is 12.4. The zero-order valence-electron chi connectivity index (χ0n) is 17.4. The van der Waals surface area contributed by atoms with E-state index in [0.717, 1.165) is 33.0 Å². The summed E-state index contributed by atoms with van der Waals surface area (Å²) in [5, 5.41) is 4.10. The molecule has 7 nitrogen and oxygen atoms in total.